The molecule has 0 heterocycles. The summed E-state index contributed by atoms with van der Waals surface area (Å²) in [6.45, 7) is 3.86. The van der Waals surface area contributed by atoms with Crippen LogP contribution in [0.25, 0.3) is 0 Å². The maximum absolute atomic E-state index is 9.45. The van der Waals surface area contributed by atoms with E-state index in [1.165, 1.54) is 6.20 Å². The molecule has 0 aliphatic heterocycles. The van der Waals surface area contributed by atoms with E-state index in [-0.39, 0.29) is 0 Å². The molecular weight excluding hydrogens is 90.1 g/mol. The SMILES string of the molecule is CC/C(C)=C\N=O. The summed E-state index contributed by atoms with van der Waals surface area (Å²) in [7, 11) is 0. The molecular formula is C5H9NO. The first kappa shape index (κ1) is 6.34. The zero-order valence-electron chi connectivity index (χ0n) is 4.64. The van der Waals surface area contributed by atoms with E-state index in [2.05, 4.69) is 5.18 Å². The van der Waals surface area contributed by atoms with Gasteiger partial charge >= 0.3 is 0 Å². The Morgan fingerprint density at radius 3 is 2.57 bits per heavy atom. The number of hydrogen-bond acceptors (Lipinski definition) is 2. The molecule has 0 aromatic carbocycles. The molecule has 0 atom stereocenters. The minimum Gasteiger partial charge on any atom is -0.145 e. The van der Waals surface area contributed by atoms with Crippen LogP contribution in [-0.4, -0.2) is 0 Å². The van der Waals surface area contributed by atoms with Crippen LogP contribution in [0.15, 0.2) is 16.9 Å². The summed E-state index contributed by atoms with van der Waals surface area (Å²) in [5.41, 5.74) is 1.02. The Morgan fingerprint density at radius 1 is 1.86 bits per heavy atom. The van der Waals surface area contributed by atoms with Gasteiger partial charge in [0.2, 0.25) is 0 Å². The molecule has 0 aromatic rings. The molecule has 0 bridgehead atoms. The first-order valence-corrected chi connectivity index (χ1v) is 2.29. The molecule has 40 valence electrons. The highest BCUT2D eigenvalue weighted by Gasteiger charge is 1.77. The number of nitrogens with zero attached hydrogens (tertiary/aromatic N) is 1. The monoisotopic (exact) mass is 99.1 g/mol. The maximum Gasteiger partial charge on any atom is 0.0703 e. The largest absolute Gasteiger partial charge is 0.145 e. The molecule has 0 fully saturated rings. The Morgan fingerprint density at radius 2 is 2.43 bits per heavy atom. The highest BCUT2D eigenvalue weighted by atomic mass is 16.2. The van der Waals surface area contributed by atoms with Crippen molar-refractivity contribution in [1.82, 2.24) is 0 Å². The van der Waals surface area contributed by atoms with Crippen LogP contribution in [0.2, 0.25) is 0 Å². The lowest BCUT2D eigenvalue weighted by atomic mass is 10.3. The fourth-order valence-electron chi connectivity index (χ4n) is 0.181. The summed E-state index contributed by atoms with van der Waals surface area (Å²) in [5, 5.41) is 2.59. The molecule has 2 heteroatoms. The molecule has 0 saturated carbocycles. The van der Waals surface area contributed by atoms with Crippen LogP contribution in [0.4, 0.5) is 0 Å². The van der Waals surface area contributed by atoms with E-state index >= 15 is 0 Å². The van der Waals surface area contributed by atoms with Gasteiger partial charge in [0.05, 0.1) is 6.20 Å². The molecule has 2 nitrogen and oxygen atoms in total. The van der Waals surface area contributed by atoms with Crippen molar-refractivity contribution in [3.05, 3.63) is 16.7 Å². The Kier molecular flexibility index (Phi) is 3.19. The van der Waals surface area contributed by atoms with Gasteiger partial charge in [-0.15, -0.1) is 4.91 Å². The van der Waals surface area contributed by atoms with E-state index in [0.29, 0.717) is 0 Å². The van der Waals surface area contributed by atoms with Crippen molar-refractivity contribution in [3.8, 4) is 0 Å². The molecule has 0 unspecified atom stereocenters. The number of rotatable bonds is 2. The Labute approximate surface area is 43.2 Å². The summed E-state index contributed by atoms with van der Waals surface area (Å²) < 4.78 is 0. The lowest BCUT2D eigenvalue weighted by Crippen LogP contribution is -1.65. The van der Waals surface area contributed by atoms with E-state index in [1.54, 1.807) is 0 Å². The van der Waals surface area contributed by atoms with Gasteiger partial charge in [0, 0.05) is 0 Å². The van der Waals surface area contributed by atoms with Crippen LogP contribution < -0.4 is 0 Å². The molecule has 0 N–H and O–H groups in total. The van der Waals surface area contributed by atoms with E-state index in [4.69, 9.17) is 0 Å². The number of hydrogen-bond donors (Lipinski definition) is 0. The third kappa shape index (κ3) is 3.16. The first-order chi connectivity index (χ1) is 3.31. The van der Waals surface area contributed by atoms with E-state index in [0.717, 1.165) is 12.0 Å². The fraction of sp³-hybridized carbons (Fsp3) is 0.600. The van der Waals surface area contributed by atoms with Crippen LogP contribution in [-0.2, 0) is 0 Å². The van der Waals surface area contributed by atoms with Crippen molar-refractivity contribution in [3.63, 3.8) is 0 Å². The van der Waals surface area contributed by atoms with E-state index in [1.807, 2.05) is 13.8 Å². The van der Waals surface area contributed by atoms with Crippen molar-refractivity contribution in [2.45, 2.75) is 20.3 Å². The van der Waals surface area contributed by atoms with Gasteiger partial charge in [0.1, 0.15) is 0 Å². The minimum absolute atomic E-state index is 0.908. The van der Waals surface area contributed by atoms with Gasteiger partial charge in [-0.3, -0.25) is 0 Å². The quantitative estimate of drug-likeness (QED) is 0.487. The fourth-order valence-corrected chi connectivity index (χ4v) is 0.181. The van der Waals surface area contributed by atoms with Crippen molar-refractivity contribution >= 4 is 0 Å². The maximum atomic E-state index is 9.45. The summed E-state index contributed by atoms with van der Waals surface area (Å²) in [5.74, 6) is 0. The zero-order chi connectivity index (χ0) is 5.70. The van der Waals surface area contributed by atoms with Crippen LogP contribution in [0.1, 0.15) is 20.3 Å². The summed E-state index contributed by atoms with van der Waals surface area (Å²) in [6.07, 6.45) is 2.24. The molecule has 0 radical (unpaired) electrons. The summed E-state index contributed by atoms with van der Waals surface area (Å²) in [6, 6.07) is 0. The van der Waals surface area contributed by atoms with Crippen LogP contribution in [0.3, 0.4) is 0 Å². The molecule has 0 rings (SSSR count). The third-order valence-electron chi connectivity index (χ3n) is 0.831. The summed E-state index contributed by atoms with van der Waals surface area (Å²) >= 11 is 0. The van der Waals surface area contributed by atoms with Gasteiger partial charge in [-0.05, 0) is 18.5 Å². The topological polar surface area (TPSA) is 29.4 Å². The molecule has 0 saturated heterocycles. The highest BCUT2D eigenvalue weighted by molar-refractivity contribution is 4.94. The third-order valence-corrected chi connectivity index (χ3v) is 0.831. The highest BCUT2D eigenvalue weighted by Crippen LogP contribution is 1.95. The second-order valence-electron chi connectivity index (χ2n) is 1.43. The van der Waals surface area contributed by atoms with Crippen molar-refractivity contribution in [2.24, 2.45) is 5.18 Å². The van der Waals surface area contributed by atoms with Crippen molar-refractivity contribution < 1.29 is 0 Å². The Balaban J connectivity index is 3.49. The minimum atomic E-state index is 0.908. The van der Waals surface area contributed by atoms with Crippen molar-refractivity contribution in [2.75, 3.05) is 0 Å². The van der Waals surface area contributed by atoms with Gasteiger partial charge in [0.25, 0.3) is 0 Å². The summed E-state index contributed by atoms with van der Waals surface area (Å²) in [4.78, 5) is 9.45. The lowest BCUT2D eigenvalue weighted by molar-refractivity contribution is 1.08. The van der Waals surface area contributed by atoms with Gasteiger partial charge < -0.3 is 0 Å². The standard InChI is InChI=1S/C5H9NO/c1-3-5(2)4-6-7/h4H,3H2,1-2H3/b5-4-. The number of nitroso groups, excluding NO2 is 1. The number of allylic oxidation sites excluding steroid dienone is 1. The Bertz CT molecular complexity index is 86.1. The Hall–Kier alpha value is -0.660. The second kappa shape index (κ2) is 3.53. The zero-order valence-corrected chi connectivity index (χ0v) is 4.64. The van der Waals surface area contributed by atoms with Crippen LogP contribution in [0.5, 0.6) is 0 Å². The van der Waals surface area contributed by atoms with E-state index < -0.39 is 0 Å². The second-order valence-corrected chi connectivity index (χ2v) is 1.43. The molecule has 0 aromatic heterocycles. The molecule has 0 aliphatic carbocycles. The van der Waals surface area contributed by atoms with Crippen LogP contribution >= 0.6 is 0 Å². The van der Waals surface area contributed by atoms with Crippen molar-refractivity contribution in [1.29, 1.82) is 0 Å². The molecule has 0 amide bonds. The molecule has 0 spiro atoms. The van der Waals surface area contributed by atoms with Gasteiger partial charge in [-0.25, -0.2) is 0 Å². The first-order valence-electron chi connectivity index (χ1n) is 2.29. The average Bonchev–Trinajstić information content (AvgIpc) is 1.68. The predicted molar refractivity (Wildman–Crippen MR) is 29.8 cm³/mol. The van der Waals surface area contributed by atoms with Crippen LogP contribution in [0, 0.1) is 4.91 Å². The lowest BCUT2D eigenvalue weighted by Gasteiger charge is -1.83. The van der Waals surface area contributed by atoms with Gasteiger partial charge in [-0.2, -0.15) is 0 Å². The average molecular weight is 99.1 g/mol. The molecule has 7 heavy (non-hydrogen) atoms. The van der Waals surface area contributed by atoms with Gasteiger partial charge in [0.15, 0.2) is 0 Å². The van der Waals surface area contributed by atoms with E-state index in [9.17, 15) is 4.91 Å². The predicted octanol–water partition coefficient (Wildman–Crippen LogP) is 2.07. The van der Waals surface area contributed by atoms with Gasteiger partial charge in [-0.1, -0.05) is 12.5 Å². The molecule has 0 aliphatic rings. The normalized spacial score (nSPS) is 11.4. The smallest absolute Gasteiger partial charge is 0.0703 e.